The van der Waals surface area contributed by atoms with Gasteiger partial charge < -0.3 is 11.5 Å². The van der Waals surface area contributed by atoms with Crippen molar-refractivity contribution in [3.63, 3.8) is 0 Å². The molecule has 0 bridgehead atoms. The first-order valence-corrected chi connectivity index (χ1v) is 7.02. The van der Waals surface area contributed by atoms with Gasteiger partial charge in [-0.15, -0.1) is 0 Å². The molecule has 0 amide bonds. The fraction of sp³-hybridized carbons (Fsp3) is 0.0526. The molecule has 0 atom stereocenters. The van der Waals surface area contributed by atoms with E-state index >= 15 is 0 Å². The van der Waals surface area contributed by atoms with Crippen LogP contribution in [-0.4, -0.2) is 0 Å². The highest BCUT2D eigenvalue weighted by atomic mass is 14.7. The van der Waals surface area contributed by atoms with Crippen molar-refractivity contribution >= 4 is 11.4 Å². The van der Waals surface area contributed by atoms with Crippen LogP contribution in [0.1, 0.15) is 11.1 Å². The van der Waals surface area contributed by atoms with Crippen molar-refractivity contribution in [1.29, 1.82) is 0 Å². The Hall–Kier alpha value is -2.74. The van der Waals surface area contributed by atoms with E-state index in [4.69, 9.17) is 11.5 Å². The lowest BCUT2D eigenvalue weighted by Gasteiger charge is -1.98. The second kappa shape index (κ2) is 5.71. The minimum Gasteiger partial charge on any atom is -0.397 e. The van der Waals surface area contributed by atoms with Gasteiger partial charge in [-0.3, -0.25) is 0 Å². The molecule has 2 nitrogen and oxygen atoms in total. The lowest BCUT2D eigenvalue weighted by molar-refractivity contribution is 1.26. The van der Waals surface area contributed by atoms with Gasteiger partial charge in [0.1, 0.15) is 0 Å². The molecule has 1 aliphatic carbocycles. The average Bonchev–Trinajstić information content (AvgIpc) is 2.90. The first kappa shape index (κ1) is 13.3. The molecule has 0 heterocycles. The fourth-order valence-electron chi connectivity index (χ4n) is 2.59. The molecule has 4 N–H and O–H groups in total. The van der Waals surface area contributed by atoms with Crippen LogP contribution < -0.4 is 11.5 Å². The summed E-state index contributed by atoms with van der Waals surface area (Å²) in [6.45, 7) is 0. The maximum absolute atomic E-state index is 5.39. The van der Waals surface area contributed by atoms with Crippen molar-refractivity contribution < 1.29 is 0 Å². The Bertz CT molecular complexity index is 698. The summed E-state index contributed by atoms with van der Waals surface area (Å²) in [5.74, 6) is 0. The van der Waals surface area contributed by atoms with E-state index in [1.165, 1.54) is 22.3 Å². The highest BCUT2D eigenvalue weighted by Gasteiger charge is 2.15. The Morgan fingerprint density at radius 2 is 0.905 bits per heavy atom. The predicted molar refractivity (Wildman–Crippen MR) is 90.0 cm³/mol. The smallest absolute Gasteiger partial charge is 0.0547 e. The number of benzene rings is 3. The molecule has 0 saturated carbocycles. The number of nitrogen functional groups attached to an aromatic ring is 2. The van der Waals surface area contributed by atoms with E-state index < -0.39 is 0 Å². The molecule has 3 aromatic carbocycles. The summed E-state index contributed by atoms with van der Waals surface area (Å²) in [6, 6.07) is 24.6. The van der Waals surface area contributed by atoms with Gasteiger partial charge in [0.15, 0.2) is 0 Å². The molecule has 0 spiro atoms. The molecule has 2 heteroatoms. The number of rotatable bonds is 0. The SMILES string of the molecule is Nc1ccccc1N.c1ccc2c(c1)Cc1ccccc1-2. The fourth-order valence-corrected chi connectivity index (χ4v) is 2.59. The topological polar surface area (TPSA) is 52.0 Å². The van der Waals surface area contributed by atoms with Crippen molar-refractivity contribution in [2.24, 2.45) is 0 Å². The third-order valence-corrected chi connectivity index (χ3v) is 3.70. The van der Waals surface area contributed by atoms with Crippen LogP contribution in [0.25, 0.3) is 11.1 Å². The van der Waals surface area contributed by atoms with Gasteiger partial charge in [-0.1, -0.05) is 60.7 Å². The van der Waals surface area contributed by atoms with Gasteiger partial charge in [-0.2, -0.15) is 0 Å². The highest BCUT2D eigenvalue weighted by molar-refractivity contribution is 5.76. The number of hydrogen-bond donors (Lipinski definition) is 2. The van der Waals surface area contributed by atoms with E-state index in [2.05, 4.69) is 48.5 Å². The Morgan fingerprint density at radius 1 is 0.524 bits per heavy atom. The zero-order valence-corrected chi connectivity index (χ0v) is 11.8. The lowest BCUT2D eigenvalue weighted by Crippen LogP contribution is -1.91. The third kappa shape index (κ3) is 2.75. The van der Waals surface area contributed by atoms with Crippen molar-refractivity contribution in [3.05, 3.63) is 83.9 Å². The van der Waals surface area contributed by atoms with Crippen LogP contribution in [0.5, 0.6) is 0 Å². The molecule has 0 fully saturated rings. The summed E-state index contributed by atoms with van der Waals surface area (Å²) in [5.41, 5.74) is 17.8. The van der Waals surface area contributed by atoms with Gasteiger partial charge in [0, 0.05) is 0 Å². The third-order valence-electron chi connectivity index (χ3n) is 3.70. The molecule has 104 valence electrons. The average molecular weight is 274 g/mol. The first-order chi connectivity index (χ1) is 10.3. The zero-order valence-electron chi connectivity index (χ0n) is 11.8. The Kier molecular flexibility index (Phi) is 3.61. The zero-order chi connectivity index (χ0) is 14.7. The van der Waals surface area contributed by atoms with Crippen LogP contribution >= 0.6 is 0 Å². The van der Waals surface area contributed by atoms with Crippen molar-refractivity contribution in [2.45, 2.75) is 6.42 Å². The van der Waals surface area contributed by atoms with Crippen molar-refractivity contribution in [1.82, 2.24) is 0 Å². The van der Waals surface area contributed by atoms with Gasteiger partial charge >= 0.3 is 0 Å². The molecule has 3 aromatic rings. The quantitative estimate of drug-likeness (QED) is 0.474. The van der Waals surface area contributed by atoms with E-state index in [1.807, 2.05) is 12.1 Å². The number of para-hydroxylation sites is 2. The van der Waals surface area contributed by atoms with Gasteiger partial charge in [-0.25, -0.2) is 0 Å². The summed E-state index contributed by atoms with van der Waals surface area (Å²) in [6.07, 6.45) is 1.10. The van der Waals surface area contributed by atoms with Crippen LogP contribution in [0.2, 0.25) is 0 Å². The summed E-state index contributed by atoms with van der Waals surface area (Å²) in [7, 11) is 0. The minimum absolute atomic E-state index is 0.646. The molecule has 0 aliphatic heterocycles. The Labute approximate surface area is 125 Å². The summed E-state index contributed by atoms with van der Waals surface area (Å²) >= 11 is 0. The molecular formula is C19H18N2. The van der Waals surface area contributed by atoms with Crippen LogP contribution in [0.4, 0.5) is 11.4 Å². The highest BCUT2D eigenvalue weighted by Crippen LogP contribution is 2.35. The molecule has 1 aliphatic rings. The van der Waals surface area contributed by atoms with Crippen LogP contribution in [-0.2, 0) is 6.42 Å². The van der Waals surface area contributed by atoms with Gasteiger partial charge in [0.2, 0.25) is 0 Å². The maximum Gasteiger partial charge on any atom is 0.0547 e. The number of hydrogen-bond acceptors (Lipinski definition) is 2. The number of nitrogens with two attached hydrogens (primary N) is 2. The molecule has 0 radical (unpaired) electrons. The van der Waals surface area contributed by atoms with E-state index in [-0.39, 0.29) is 0 Å². The molecule has 0 saturated heterocycles. The van der Waals surface area contributed by atoms with E-state index in [9.17, 15) is 0 Å². The molecule has 21 heavy (non-hydrogen) atoms. The summed E-state index contributed by atoms with van der Waals surface area (Å²) in [5, 5.41) is 0. The van der Waals surface area contributed by atoms with E-state index in [0.29, 0.717) is 11.4 Å². The minimum atomic E-state index is 0.646. The van der Waals surface area contributed by atoms with E-state index in [1.54, 1.807) is 12.1 Å². The van der Waals surface area contributed by atoms with Gasteiger partial charge in [0.25, 0.3) is 0 Å². The second-order valence-corrected chi connectivity index (χ2v) is 5.12. The normalized spacial score (nSPS) is 11.0. The lowest BCUT2D eigenvalue weighted by atomic mass is 10.1. The van der Waals surface area contributed by atoms with E-state index in [0.717, 1.165) is 6.42 Å². The Morgan fingerprint density at radius 3 is 1.33 bits per heavy atom. The second-order valence-electron chi connectivity index (χ2n) is 5.12. The van der Waals surface area contributed by atoms with Crippen LogP contribution in [0, 0.1) is 0 Å². The van der Waals surface area contributed by atoms with Crippen molar-refractivity contribution in [2.75, 3.05) is 11.5 Å². The van der Waals surface area contributed by atoms with Crippen LogP contribution in [0.3, 0.4) is 0 Å². The summed E-state index contributed by atoms with van der Waals surface area (Å²) in [4.78, 5) is 0. The monoisotopic (exact) mass is 274 g/mol. The number of anilines is 2. The van der Waals surface area contributed by atoms with Crippen LogP contribution in [0.15, 0.2) is 72.8 Å². The first-order valence-electron chi connectivity index (χ1n) is 7.02. The van der Waals surface area contributed by atoms with Crippen molar-refractivity contribution in [3.8, 4) is 11.1 Å². The van der Waals surface area contributed by atoms with Gasteiger partial charge in [-0.05, 0) is 40.8 Å². The standard InChI is InChI=1S/C13H10.C6H8N2/c1-3-7-12-10(5-1)9-11-6-2-4-8-13(11)12;7-5-3-1-2-4-6(5)8/h1-8H,9H2;1-4H,7-8H2. The molecule has 0 aromatic heterocycles. The molecular weight excluding hydrogens is 256 g/mol. The molecule has 4 rings (SSSR count). The summed E-state index contributed by atoms with van der Waals surface area (Å²) < 4.78 is 0. The Balaban J connectivity index is 0.000000143. The number of fused-ring (bicyclic) bond motifs is 3. The molecule has 0 unspecified atom stereocenters. The predicted octanol–water partition coefficient (Wildman–Crippen LogP) is 4.11. The van der Waals surface area contributed by atoms with Gasteiger partial charge in [0.05, 0.1) is 11.4 Å². The largest absolute Gasteiger partial charge is 0.397 e. The maximum atomic E-state index is 5.39.